The van der Waals surface area contributed by atoms with E-state index in [1.54, 1.807) is 0 Å². The summed E-state index contributed by atoms with van der Waals surface area (Å²) in [6.45, 7) is 0. The number of hydrogen-bond donors (Lipinski definition) is 1. The van der Waals surface area contributed by atoms with Crippen molar-refractivity contribution in [1.82, 2.24) is 0 Å². The van der Waals surface area contributed by atoms with Crippen LogP contribution in [0.5, 0.6) is 5.75 Å². The van der Waals surface area contributed by atoms with E-state index in [9.17, 15) is 0 Å². The zero-order valence-electron chi connectivity index (χ0n) is 4.63. The normalized spacial score (nSPS) is 13.8. The number of anilines is 1. The van der Waals surface area contributed by atoms with Crippen molar-refractivity contribution in [3.8, 4) is 5.75 Å². The lowest BCUT2D eigenvalue weighted by Gasteiger charge is -1.86. The zero-order valence-corrected chi connectivity index (χ0v) is 4.63. The Hall–Kier alpha value is -1.22. The first-order chi connectivity index (χ1) is 4.47. The van der Waals surface area contributed by atoms with Crippen LogP contribution in [0.4, 0.5) is 5.69 Å². The third-order valence-corrected chi connectivity index (χ3v) is 1.17. The molecule has 0 saturated heterocycles. The van der Waals surface area contributed by atoms with Gasteiger partial charge in [-0.05, 0) is 12.1 Å². The molecular weight excluding hydrogens is 118 g/mol. The molecule has 3 nitrogen and oxygen atoms in total. The summed E-state index contributed by atoms with van der Waals surface area (Å²) in [5, 5.41) is 0. The molecule has 3 heteroatoms. The van der Waals surface area contributed by atoms with Gasteiger partial charge >= 0.3 is 0 Å². The third-order valence-electron chi connectivity index (χ3n) is 1.17. The van der Waals surface area contributed by atoms with Gasteiger partial charge in [-0.2, -0.15) is 0 Å². The maximum absolute atomic E-state index is 4.69. The summed E-state index contributed by atoms with van der Waals surface area (Å²) >= 11 is 0. The monoisotopic (exact) mass is 123 g/mol. The Bertz CT molecular complexity index is 201. The molecule has 1 aromatic carbocycles. The van der Waals surface area contributed by atoms with Crippen LogP contribution in [0.15, 0.2) is 24.3 Å². The molecule has 0 aromatic heterocycles. The molecule has 9 heavy (non-hydrogen) atoms. The molecule has 2 rings (SSSR count). The van der Waals surface area contributed by atoms with Crippen LogP contribution in [0, 0.1) is 0 Å². The Kier molecular flexibility index (Phi) is 0.841. The molecule has 0 spiro atoms. The van der Waals surface area contributed by atoms with Gasteiger partial charge in [0.15, 0.2) is 5.75 Å². The van der Waals surface area contributed by atoms with Gasteiger partial charge in [0.25, 0.3) is 0 Å². The molecule has 1 aliphatic heterocycles. The number of nitrogens with one attached hydrogen (secondary N) is 1. The molecule has 0 aliphatic carbocycles. The smallest absolute Gasteiger partial charge is 0.193 e. The number of fused-ring (bicyclic) bond motifs is 1. The Morgan fingerprint density at radius 3 is 3.00 bits per heavy atom. The van der Waals surface area contributed by atoms with Crippen molar-refractivity contribution in [1.29, 1.82) is 0 Å². The lowest BCUT2D eigenvalue weighted by molar-refractivity contribution is -0.160. The van der Waals surface area contributed by atoms with Crippen LogP contribution in [0.3, 0.4) is 0 Å². The molecule has 0 saturated carbocycles. The summed E-state index contributed by atoms with van der Waals surface area (Å²) < 4.78 is 0. The molecule has 0 bridgehead atoms. The number of benzene rings is 1. The van der Waals surface area contributed by atoms with Gasteiger partial charge in [0.1, 0.15) is 5.69 Å². The summed E-state index contributed by atoms with van der Waals surface area (Å²) in [5.74, 6) is 0.734. The SMILES string of the molecule is c1ccc2c(c1)NOO2. The van der Waals surface area contributed by atoms with E-state index in [-0.39, 0.29) is 0 Å². The van der Waals surface area contributed by atoms with Crippen molar-refractivity contribution in [2.45, 2.75) is 0 Å². The fourth-order valence-corrected chi connectivity index (χ4v) is 0.734. The van der Waals surface area contributed by atoms with E-state index >= 15 is 0 Å². The second-order valence-electron chi connectivity index (χ2n) is 1.76. The molecule has 0 fully saturated rings. The molecule has 0 radical (unpaired) electrons. The van der Waals surface area contributed by atoms with Gasteiger partial charge in [-0.15, -0.1) is 0 Å². The van der Waals surface area contributed by atoms with Crippen molar-refractivity contribution in [2.75, 3.05) is 5.48 Å². The predicted octanol–water partition coefficient (Wildman–Crippen LogP) is 1.34. The van der Waals surface area contributed by atoms with E-state index in [1.807, 2.05) is 24.3 Å². The molecule has 1 heterocycles. The van der Waals surface area contributed by atoms with Gasteiger partial charge in [-0.3, -0.25) is 0 Å². The molecular formula is C6H5NO2. The second kappa shape index (κ2) is 1.63. The standard InChI is InChI=1S/C6H5NO2/c1-2-4-6-5(3-1)7-9-8-6/h1-4,7H. The van der Waals surface area contributed by atoms with Crippen LogP contribution < -0.4 is 10.4 Å². The van der Waals surface area contributed by atoms with E-state index < -0.39 is 0 Å². The highest BCUT2D eigenvalue weighted by molar-refractivity contribution is 5.55. The van der Waals surface area contributed by atoms with Crippen molar-refractivity contribution in [3.05, 3.63) is 24.3 Å². The first-order valence-electron chi connectivity index (χ1n) is 2.65. The van der Waals surface area contributed by atoms with Gasteiger partial charge in [0.05, 0.1) is 0 Å². The average Bonchev–Trinajstić information content (AvgIpc) is 2.33. The molecule has 0 amide bonds. The van der Waals surface area contributed by atoms with Crippen LogP contribution in [-0.2, 0) is 4.99 Å². The minimum atomic E-state index is 0.734. The minimum Gasteiger partial charge on any atom is -0.312 e. The van der Waals surface area contributed by atoms with Crippen molar-refractivity contribution >= 4 is 5.69 Å². The first kappa shape index (κ1) is 4.64. The van der Waals surface area contributed by atoms with E-state index in [2.05, 4.69) is 15.4 Å². The van der Waals surface area contributed by atoms with E-state index in [4.69, 9.17) is 0 Å². The highest BCUT2D eigenvalue weighted by Gasteiger charge is 2.09. The van der Waals surface area contributed by atoms with Crippen LogP contribution in [0.2, 0.25) is 0 Å². The van der Waals surface area contributed by atoms with E-state index in [0.717, 1.165) is 11.4 Å². The number of rotatable bonds is 0. The Labute approximate surface area is 52.1 Å². The largest absolute Gasteiger partial charge is 0.312 e. The van der Waals surface area contributed by atoms with Gasteiger partial charge in [-0.1, -0.05) is 17.1 Å². The Morgan fingerprint density at radius 2 is 2.11 bits per heavy atom. The van der Waals surface area contributed by atoms with Crippen molar-refractivity contribution < 1.29 is 9.88 Å². The fraction of sp³-hybridized carbons (Fsp3) is 0. The highest BCUT2D eigenvalue weighted by atomic mass is 17.3. The van der Waals surface area contributed by atoms with Gasteiger partial charge < -0.3 is 4.89 Å². The van der Waals surface area contributed by atoms with E-state index in [1.165, 1.54) is 0 Å². The maximum atomic E-state index is 4.69. The highest BCUT2D eigenvalue weighted by Crippen LogP contribution is 2.27. The molecule has 1 aromatic rings. The predicted molar refractivity (Wildman–Crippen MR) is 31.8 cm³/mol. The number of hydrogen-bond acceptors (Lipinski definition) is 3. The number of para-hydroxylation sites is 2. The minimum absolute atomic E-state index is 0.734. The topological polar surface area (TPSA) is 30.5 Å². The molecule has 0 unspecified atom stereocenters. The van der Waals surface area contributed by atoms with Gasteiger partial charge in [-0.25, -0.2) is 5.48 Å². The second-order valence-corrected chi connectivity index (χ2v) is 1.76. The fourth-order valence-electron chi connectivity index (χ4n) is 0.734. The van der Waals surface area contributed by atoms with E-state index in [0.29, 0.717) is 0 Å². The van der Waals surface area contributed by atoms with Crippen LogP contribution >= 0.6 is 0 Å². The Morgan fingerprint density at radius 1 is 1.22 bits per heavy atom. The summed E-state index contributed by atoms with van der Waals surface area (Å²) in [6.07, 6.45) is 0. The summed E-state index contributed by atoms with van der Waals surface area (Å²) in [5.41, 5.74) is 3.45. The lowest BCUT2D eigenvalue weighted by atomic mass is 10.3. The van der Waals surface area contributed by atoms with Gasteiger partial charge in [0.2, 0.25) is 0 Å². The molecule has 0 atom stereocenters. The maximum Gasteiger partial charge on any atom is 0.193 e. The van der Waals surface area contributed by atoms with Crippen LogP contribution in [-0.4, -0.2) is 0 Å². The van der Waals surface area contributed by atoms with Crippen molar-refractivity contribution in [3.63, 3.8) is 0 Å². The lowest BCUT2D eigenvalue weighted by Crippen LogP contribution is -1.91. The molecule has 46 valence electrons. The summed E-state index contributed by atoms with van der Waals surface area (Å²) in [6, 6.07) is 7.50. The molecule has 1 N–H and O–H groups in total. The van der Waals surface area contributed by atoms with Gasteiger partial charge in [0, 0.05) is 0 Å². The first-order valence-corrected chi connectivity index (χ1v) is 2.65. The summed E-state index contributed by atoms with van der Waals surface area (Å²) in [7, 11) is 0. The Balaban J connectivity index is 2.54. The molecule has 1 aliphatic rings. The quantitative estimate of drug-likeness (QED) is 0.528. The average molecular weight is 123 g/mol. The van der Waals surface area contributed by atoms with Crippen LogP contribution in [0.25, 0.3) is 0 Å². The summed E-state index contributed by atoms with van der Waals surface area (Å²) in [4.78, 5) is 9.15. The van der Waals surface area contributed by atoms with Crippen molar-refractivity contribution in [2.24, 2.45) is 0 Å². The third kappa shape index (κ3) is 0.622. The zero-order chi connectivity index (χ0) is 6.10. The van der Waals surface area contributed by atoms with Crippen LogP contribution in [0.1, 0.15) is 0 Å².